The van der Waals surface area contributed by atoms with Crippen molar-refractivity contribution in [3.05, 3.63) is 47.4 Å². The predicted octanol–water partition coefficient (Wildman–Crippen LogP) is 3.33. The maximum absolute atomic E-state index is 14.7. The highest BCUT2D eigenvalue weighted by Crippen LogP contribution is 2.25. The van der Waals surface area contributed by atoms with Gasteiger partial charge in [0.05, 0.1) is 31.1 Å². The number of piperidine rings is 1. The van der Waals surface area contributed by atoms with Gasteiger partial charge in [-0.2, -0.15) is 0 Å². The van der Waals surface area contributed by atoms with Crippen molar-refractivity contribution in [3.63, 3.8) is 0 Å². The number of oxazole rings is 1. The Kier molecular flexibility index (Phi) is 7.54. The van der Waals surface area contributed by atoms with Crippen LogP contribution < -0.4 is 15.5 Å². The van der Waals surface area contributed by atoms with Gasteiger partial charge in [-0.15, -0.1) is 0 Å². The van der Waals surface area contributed by atoms with Gasteiger partial charge in [-0.1, -0.05) is 26.8 Å². The molecular weight excluding hydrogens is 397 g/mol. The van der Waals surface area contributed by atoms with Crippen LogP contribution in [0.4, 0.5) is 10.1 Å². The Morgan fingerprint density at radius 3 is 2.65 bits per heavy atom. The quantitative estimate of drug-likeness (QED) is 0.481. The molecule has 0 spiro atoms. The zero-order valence-electron chi connectivity index (χ0n) is 18.9. The first kappa shape index (κ1) is 23.1. The van der Waals surface area contributed by atoms with E-state index < -0.39 is 0 Å². The third-order valence-electron chi connectivity index (χ3n) is 5.28. The van der Waals surface area contributed by atoms with E-state index in [1.165, 1.54) is 6.07 Å². The van der Waals surface area contributed by atoms with Gasteiger partial charge in [-0.3, -0.25) is 0 Å². The van der Waals surface area contributed by atoms with E-state index in [1.807, 2.05) is 17.9 Å². The molecule has 170 valence electrons. The normalized spacial score (nSPS) is 15.9. The Morgan fingerprint density at radius 2 is 2.03 bits per heavy atom. The van der Waals surface area contributed by atoms with Crippen molar-refractivity contribution in [2.45, 2.75) is 65.1 Å². The third kappa shape index (κ3) is 6.43. The number of hydrogen-bond donors (Lipinski definition) is 3. The lowest BCUT2D eigenvalue weighted by molar-refractivity contribution is 0.145. The van der Waals surface area contributed by atoms with E-state index in [-0.39, 0.29) is 17.3 Å². The highest BCUT2D eigenvalue weighted by molar-refractivity contribution is 5.79. The number of aliphatic imine (C=N–C) groups is 1. The van der Waals surface area contributed by atoms with Gasteiger partial charge in [0.15, 0.2) is 5.96 Å². The van der Waals surface area contributed by atoms with E-state index in [1.54, 1.807) is 12.3 Å². The Bertz CT molecular complexity index is 882. The van der Waals surface area contributed by atoms with Gasteiger partial charge in [0.1, 0.15) is 11.6 Å². The number of nitrogens with one attached hydrogen (secondary N) is 2. The van der Waals surface area contributed by atoms with E-state index in [0.29, 0.717) is 63.1 Å². The summed E-state index contributed by atoms with van der Waals surface area (Å²) in [6.07, 6.45) is 2.83. The summed E-state index contributed by atoms with van der Waals surface area (Å²) in [5, 5.41) is 16.0. The number of aliphatic hydroxyl groups excluding tert-OH is 1. The fourth-order valence-electron chi connectivity index (χ4n) is 3.42. The molecule has 1 aliphatic heterocycles. The first-order chi connectivity index (χ1) is 14.8. The highest BCUT2D eigenvalue weighted by atomic mass is 19.1. The minimum absolute atomic E-state index is 0.0892. The molecule has 1 aromatic heterocycles. The maximum atomic E-state index is 14.7. The van der Waals surface area contributed by atoms with Crippen LogP contribution in [0.5, 0.6) is 0 Å². The second-order valence-electron chi connectivity index (χ2n) is 8.92. The number of guanidine groups is 1. The highest BCUT2D eigenvalue weighted by Gasteiger charge is 2.20. The average molecular weight is 432 g/mol. The molecule has 0 atom stereocenters. The molecule has 31 heavy (non-hydrogen) atoms. The van der Waals surface area contributed by atoms with Crippen LogP contribution in [0.15, 0.2) is 33.8 Å². The van der Waals surface area contributed by atoms with Crippen LogP contribution in [0.3, 0.4) is 0 Å². The van der Waals surface area contributed by atoms with Crippen molar-refractivity contribution >= 4 is 11.6 Å². The molecule has 0 amide bonds. The Hall–Kier alpha value is -2.61. The molecule has 1 aliphatic rings. The van der Waals surface area contributed by atoms with Crippen molar-refractivity contribution < 1.29 is 13.9 Å². The summed E-state index contributed by atoms with van der Waals surface area (Å²) in [6, 6.07) is 5.25. The molecule has 7 nitrogen and oxygen atoms in total. The molecule has 0 bridgehead atoms. The number of halogens is 1. The number of rotatable bonds is 6. The summed E-state index contributed by atoms with van der Waals surface area (Å²) in [4.78, 5) is 10.9. The van der Waals surface area contributed by atoms with E-state index in [2.05, 4.69) is 41.4 Å². The minimum Gasteiger partial charge on any atom is -0.443 e. The SMILES string of the molecule is CCNC(=NCc1ccc(N2CCC(O)CC2)c(F)c1)NCc1ncc(C(C)(C)C)o1. The number of nitrogens with zero attached hydrogens (tertiary/aromatic N) is 3. The van der Waals surface area contributed by atoms with Gasteiger partial charge in [-0.25, -0.2) is 14.4 Å². The fraction of sp³-hybridized carbons (Fsp3) is 0.565. The van der Waals surface area contributed by atoms with Gasteiger partial charge < -0.3 is 25.1 Å². The molecule has 0 aliphatic carbocycles. The topological polar surface area (TPSA) is 85.9 Å². The van der Waals surface area contributed by atoms with Crippen molar-refractivity contribution in [2.24, 2.45) is 4.99 Å². The molecule has 2 heterocycles. The predicted molar refractivity (Wildman–Crippen MR) is 121 cm³/mol. The van der Waals surface area contributed by atoms with Crippen molar-refractivity contribution in [3.8, 4) is 0 Å². The monoisotopic (exact) mass is 431 g/mol. The lowest BCUT2D eigenvalue weighted by atomic mass is 9.94. The zero-order chi connectivity index (χ0) is 22.4. The molecule has 8 heteroatoms. The van der Waals surface area contributed by atoms with Crippen molar-refractivity contribution in [1.29, 1.82) is 0 Å². The molecule has 1 fully saturated rings. The standard InChI is InChI=1S/C23H34FN5O2/c1-5-25-22(28-15-21-26-14-20(31-21)23(2,3)4)27-13-16-6-7-19(18(24)12-16)29-10-8-17(30)9-11-29/h6-7,12,14,17,30H,5,8-11,13,15H2,1-4H3,(H2,25,27,28). The largest absolute Gasteiger partial charge is 0.443 e. The summed E-state index contributed by atoms with van der Waals surface area (Å²) in [6.45, 7) is 11.0. The second-order valence-corrected chi connectivity index (χ2v) is 8.92. The summed E-state index contributed by atoms with van der Waals surface area (Å²) >= 11 is 0. The molecule has 0 radical (unpaired) electrons. The molecule has 1 saturated heterocycles. The average Bonchev–Trinajstić information content (AvgIpc) is 3.21. The minimum atomic E-state index is -0.277. The second kappa shape index (κ2) is 10.1. The van der Waals surface area contributed by atoms with Gasteiger partial charge in [0.25, 0.3) is 0 Å². The number of benzene rings is 1. The summed E-state index contributed by atoms with van der Waals surface area (Å²) in [7, 11) is 0. The van der Waals surface area contributed by atoms with E-state index >= 15 is 0 Å². The molecular formula is C23H34FN5O2. The molecule has 1 aromatic carbocycles. The van der Waals surface area contributed by atoms with E-state index in [4.69, 9.17) is 4.42 Å². The van der Waals surface area contributed by atoms with Crippen LogP contribution in [-0.4, -0.2) is 41.8 Å². The number of anilines is 1. The number of hydrogen-bond acceptors (Lipinski definition) is 5. The molecule has 0 unspecified atom stereocenters. The molecule has 3 N–H and O–H groups in total. The maximum Gasteiger partial charge on any atom is 0.213 e. The summed E-state index contributed by atoms with van der Waals surface area (Å²) in [5.74, 6) is 1.80. The van der Waals surface area contributed by atoms with Crippen LogP contribution in [0.2, 0.25) is 0 Å². The van der Waals surface area contributed by atoms with Gasteiger partial charge >= 0.3 is 0 Å². The number of aromatic nitrogens is 1. The van der Waals surface area contributed by atoms with Crippen LogP contribution in [0.1, 0.15) is 57.8 Å². The smallest absolute Gasteiger partial charge is 0.213 e. The third-order valence-corrected chi connectivity index (χ3v) is 5.28. The Labute approximate surface area is 183 Å². The van der Waals surface area contributed by atoms with Crippen LogP contribution >= 0.6 is 0 Å². The fourth-order valence-corrected chi connectivity index (χ4v) is 3.42. The first-order valence-electron chi connectivity index (χ1n) is 10.9. The Balaban J connectivity index is 1.60. The Morgan fingerprint density at radius 1 is 1.29 bits per heavy atom. The van der Waals surface area contributed by atoms with Crippen molar-refractivity contribution in [2.75, 3.05) is 24.5 Å². The van der Waals surface area contributed by atoms with Gasteiger partial charge in [0.2, 0.25) is 5.89 Å². The lowest BCUT2D eigenvalue weighted by Gasteiger charge is -2.31. The van der Waals surface area contributed by atoms with Crippen LogP contribution in [-0.2, 0) is 18.5 Å². The number of aliphatic hydroxyl groups is 1. The summed E-state index contributed by atoms with van der Waals surface area (Å²) in [5.41, 5.74) is 1.29. The first-order valence-corrected chi connectivity index (χ1v) is 10.9. The summed E-state index contributed by atoms with van der Waals surface area (Å²) < 4.78 is 20.5. The van der Waals surface area contributed by atoms with E-state index in [9.17, 15) is 9.50 Å². The lowest BCUT2D eigenvalue weighted by Crippen LogP contribution is -2.37. The molecule has 2 aromatic rings. The van der Waals surface area contributed by atoms with Crippen molar-refractivity contribution in [1.82, 2.24) is 15.6 Å². The van der Waals surface area contributed by atoms with Crippen LogP contribution in [0.25, 0.3) is 0 Å². The van der Waals surface area contributed by atoms with Gasteiger partial charge in [-0.05, 0) is 37.5 Å². The van der Waals surface area contributed by atoms with E-state index in [0.717, 1.165) is 11.3 Å². The molecule has 0 saturated carbocycles. The zero-order valence-corrected chi connectivity index (χ0v) is 18.9. The van der Waals surface area contributed by atoms with Crippen LogP contribution in [0, 0.1) is 5.82 Å². The molecule has 3 rings (SSSR count). The van der Waals surface area contributed by atoms with Gasteiger partial charge in [0, 0.05) is 25.0 Å².